The van der Waals surface area contributed by atoms with E-state index >= 15 is 0 Å². The van der Waals surface area contributed by atoms with Crippen LogP contribution >= 0.6 is 0 Å². The fourth-order valence-corrected chi connectivity index (χ4v) is 1.50. The molecule has 0 aliphatic rings. The summed E-state index contributed by atoms with van der Waals surface area (Å²) in [6, 6.07) is 1.80. The first kappa shape index (κ1) is 9.89. The summed E-state index contributed by atoms with van der Waals surface area (Å²) in [7, 11) is 0. The van der Waals surface area contributed by atoms with Crippen molar-refractivity contribution in [1.29, 1.82) is 0 Å². The molecule has 15 heavy (non-hydrogen) atoms. The van der Waals surface area contributed by atoms with Crippen LogP contribution in [0.25, 0.3) is 5.78 Å². The Morgan fingerprint density at radius 3 is 2.93 bits per heavy atom. The number of fused-ring (bicyclic) bond motifs is 1. The molecule has 2 aromatic rings. The third-order valence-corrected chi connectivity index (χ3v) is 2.27. The van der Waals surface area contributed by atoms with Crippen LogP contribution < -0.4 is 5.73 Å². The van der Waals surface area contributed by atoms with E-state index in [0.717, 1.165) is 30.8 Å². The van der Waals surface area contributed by atoms with Gasteiger partial charge in [0.1, 0.15) is 5.82 Å². The average Bonchev–Trinajstić information content (AvgIpc) is 2.57. The predicted octanol–water partition coefficient (Wildman–Crippen LogP) is 1.36. The number of rotatable bonds is 3. The molecule has 0 fully saturated rings. The maximum Gasteiger partial charge on any atom is 0.254 e. The summed E-state index contributed by atoms with van der Waals surface area (Å²) in [5.74, 6) is 2.01. The Hall–Kier alpha value is -1.65. The number of nitrogens with zero attached hydrogens (tertiary/aromatic N) is 4. The summed E-state index contributed by atoms with van der Waals surface area (Å²) in [4.78, 5) is 8.61. The van der Waals surface area contributed by atoms with Crippen LogP contribution in [0.1, 0.15) is 31.3 Å². The third-order valence-electron chi connectivity index (χ3n) is 2.27. The normalized spacial score (nSPS) is 11.1. The molecule has 0 atom stereocenters. The van der Waals surface area contributed by atoms with Crippen molar-refractivity contribution in [3.8, 4) is 0 Å². The van der Waals surface area contributed by atoms with Gasteiger partial charge >= 0.3 is 0 Å². The SMILES string of the molecule is CCCCc1nc2nc(C)cc(N)n2n1. The molecule has 0 saturated heterocycles. The fourth-order valence-electron chi connectivity index (χ4n) is 1.50. The van der Waals surface area contributed by atoms with Crippen molar-refractivity contribution in [2.45, 2.75) is 33.1 Å². The zero-order valence-electron chi connectivity index (χ0n) is 9.06. The second-order valence-electron chi connectivity index (χ2n) is 3.67. The summed E-state index contributed by atoms with van der Waals surface area (Å²) in [5.41, 5.74) is 6.69. The first-order chi connectivity index (χ1) is 7.20. The van der Waals surface area contributed by atoms with Gasteiger partial charge in [-0.3, -0.25) is 0 Å². The number of unbranched alkanes of at least 4 members (excludes halogenated alkanes) is 1. The van der Waals surface area contributed by atoms with Gasteiger partial charge in [-0.2, -0.15) is 9.50 Å². The Kier molecular flexibility index (Phi) is 2.53. The Bertz CT molecular complexity index is 474. The van der Waals surface area contributed by atoms with Gasteiger partial charge in [0.2, 0.25) is 0 Å². The van der Waals surface area contributed by atoms with Crippen LogP contribution in [0.4, 0.5) is 5.82 Å². The highest BCUT2D eigenvalue weighted by molar-refractivity contribution is 5.41. The Morgan fingerprint density at radius 1 is 1.40 bits per heavy atom. The van der Waals surface area contributed by atoms with Crippen molar-refractivity contribution in [2.75, 3.05) is 5.73 Å². The van der Waals surface area contributed by atoms with Gasteiger partial charge in [-0.15, -0.1) is 5.10 Å². The molecule has 0 amide bonds. The maximum atomic E-state index is 5.82. The van der Waals surface area contributed by atoms with Crippen LogP contribution in [-0.2, 0) is 6.42 Å². The van der Waals surface area contributed by atoms with Crippen molar-refractivity contribution in [3.05, 3.63) is 17.6 Å². The van der Waals surface area contributed by atoms with Gasteiger partial charge in [-0.05, 0) is 13.3 Å². The second kappa shape index (κ2) is 3.84. The van der Waals surface area contributed by atoms with Gasteiger partial charge in [0, 0.05) is 18.2 Å². The molecule has 5 nitrogen and oxygen atoms in total. The number of aromatic nitrogens is 4. The Morgan fingerprint density at radius 2 is 2.20 bits per heavy atom. The quantitative estimate of drug-likeness (QED) is 0.821. The number of hydrogen-bond acceptors (Lipinski definition) is 4. The average molecular weight is 205 g/mol. The van der Waals surface area contributed by atoms with Crippen LogP contribution in [0.5, 0.6) is 0 Å². The molecular formula is C10H15N5. The first-order valence-electron chi connectivity index (χ1n) is 5.19. The molecule has 0 saturated carbocycles. The van der Waals surface area contributed by atoms with Gasteiger partial charge in [-0.1, -0.05) is 13.3 Å². The summed E-state index contributed by atoms with van der Waals surface area (Å²) in [6.45, 7) is 4.04. The highest BCUT2D eigenvalue weighted by atomic mass is 15.3. The minimum Gasteiger partial charge on any atom is -0.383 e. The van der Waals surface area contributed by atoms with Crippen LogP contribution in [0.15, 0.2) is 6.07 Å². The highest BCUT2D eigenvalue weighted by Gasteiger charge is 2.07. The van der Waals surface area contributed by atoms with Crippen LogP contribution in [0.2, 0.25) is 0 Å². The van der Waals surface area contributed by atoms with E-state index in [0.29, 0.717) is 11.6 Å². The molecule has 80 valence electrons. The van der Waals surface area contributed by atoms with E-state index in [1.807, 2.05) is 6.92 Å². The predicted molar refractivity (Wildman–Crippen MR) is 58.5 cm³/mol. The summed E-state index contributed by atoms with van der Waals surface area (Å²) < 4.78 is 1.60. The summed E-state index contributed by atoms with van der Waals surface area (Å²) in [6.07, 6.45) is 3.12. The standard InChI is InChI=1S/C10H15N5/c1-3-4-5-9-13-10-12-7(2)6-8(11)15(10)14-9/h6H,3-5,11H2,1-2H3. The lowest BCUT2D eigenvalue weighted by Gasteiger charge is -1.97. The molecule has 0 spiro atoms. The molecular weight excluding hydrogens is 190 g/mol. The molecule has 0 aliphatic heterocycles. The van der Waals surface area contributed by atoms with Crippen LogP contribution in [0, 0.1) is 6.92 Å². The molecule has 0 unspecified atom stereocenters. The minimum atomic E-state index is 0.591. The van der Waals surface area contributed by atoms with Crippen molar-refractivity contribution in [3.63, 3.8) is 0 Å². The summed E-state index contributed by atoms with van der Waals surface area (Å²) >= 11 is 0. The minimum absolute atomic E-state index is 0.591. The zero-order chi connectivity index (χ0) is 10.8. The number of anilines is 1. The first-order valence-corrected chi connectivity index (χ1v) is 5.19. The van der Waals surface area contributed by atoms with Gasteiger partial charge < -0.3 is 5.73 Å². The van der Waals surface area contributed by atoms with Gasteiger partial charge in [-0.25, -0.2) is 4.98 Å². The van der Waals surface area contributed by atoms with Crippen molar-refractivity contribution < 1.29 is 0 Å². The van der Waals surface area contributed by atoms with Crippen molar-refractivity contribution in [1.82, 2.24) is 19.6 Å². The number of nitrogens with two attached hydrogens (primary N) is 1. The molecule has 2 rings (SSSR count). The molecule has 2 heterocycles. The lowest BCUT2D eigenvalue weighted by Crippen LogP contribution is -2.01. The van der Waals surface area contributed by atoms with Crippen molar-refractivity contribution in [2.24, 2.45) is 0 Å². The second-order valence-corrected chi connectivity index (χ2v) is 3.67. The van der Waals surface area contributed by atoms with E-state index in [9.17, 15) is 0 Å². The molecule has 0 aliphatic carbocycles. The van der Waals surface area contributed by atoms with E-state index in [1.54, 1.807) is 10.6 Å². The van der Waals surface area contributed by atoms with Crippen molar-refractivity contribution >= 4 is 11.6 Å². The van der Waals surface area contributed by atoms with Gasteiger partial charge in [0.25, 0.3) is 5.78 Å². The van der Waals surface area contributed by atoms with Crippen LogP contribution in [-0.4, -0.2) is 19.6 Å². The Balaban J connectivity index is 2.41. The molecule has 2 N–H and O–H groups in total. The summed E-state index contributed by atoms with van der Waals surface area (Å²) in [5, 5.41) is 4.31. The van der Waals surface area contributed by atoms with E-state index in [4.69, 9.17) is 5.73 Å². The van der Waals surface area contributed by atoms with E-state index < -0.39 is 0 Å². The van der Waals surface area contributed by atoms with E-state index in [2.05, 4.69) is 22.0 Å². The van der Waals surface area contributed by atoms with Gasteiger partial charge in [0.15, 0.2) is 5.82 Å². The lowest BCUT2D eigenvalue weighted by atomic mass is 10.2. The molecule has 0 bridgehead atoms. The van der Waals surface area contributed by atoms with Gasteiger partial charge in [0.05, 0.1) is 0 Å². The topological polar surface area (TPSA) is 69.1 Å². The lowest BCUT2D eigenvalue weighted by molar-refractivity contribution is 0.749. The molecule has 0 radical (unpaired) electrons. The number of hydrogen-bond donors (Lipinski definition) is 1. The highest BCUT2D eigenvalue weighted by Crippen LogP contribution is 2.08. The monoisotopic (exact) mass is 205 g/mol. The van der Waals surface area contributed by atoms with E-state index in [1.165, 1.54) is 0 Å². The molecule has 2 aromatic heterocycles. The van der Waals surface area contributed by atoms with E-state index in [-0.39, 0.29) is 0 Å². The number of nitrogen functional groups attached to an aromatic ring is 1. The Labute approximate surface area is 88.3 Å². The fraction of sp³-hybridized carbons (Fsp3) is 0.500. The smallest absolute Gasteiger partial charge is 0.254 e. The largest absolute Gasteiger partial charge is 0.383 e. The molecule has 5 heteroatoms. The van der Waals surface area contributed by atoms with Crippen LogP contribution in [0.3, 0.4) is 0 Å². The zero-order valence-corrected chi connectivity index (χ0v) is 9.06. The number of aryl methyl sites for hydroxylation is 2. The third kappa shape index (κ3) is 1.91. The maximum absolute atomic E-state index is 5.82. The molecule has 0 aromatic carbocycles.